The third kappa shape index (κ3) is 4.80. The van der Waals surface area contributed by atoms with Crippen molar-refractivity contribution in [2.24, 2.45) is 5.73 Å². The van der Waals surface area contributed by atoms with Gasteiger partial charge in [0.05, 0.1) is 11.9 Å². The van der Waals surface area contributed by atoms with Crippen LogP contribution in [0, 0.1) is 0 Å². The average Bonchev–Trinajstić information content (AvgIpc) is 2.99. The number of rotatable bonds is 4. The van der Waals surface area contributed by atoms with Crippen molar-refractivity contribution in [3.63, 3.8) is 0 Å². The van der Waals surface area contributed by atoms with E-state index in [9.17, 15) is 31.1 Å². The lowest BCUT2D eigenvalue weighted by molar-refractivity contribution is -0.276. The summed E-state index contributed by atoms with van der Waals surface area (Å²) in [5, 5.41) is 0. The lowest BCUT2D eigenvalue weighted by atomic mass is 10.1. The van der Waals surface area contributed by atoms with Gasteiger partial charge in [0.15, 0.2) is 5.65 Å². The number of nitrogens with zero attached hydrogens (tertiary/aromatic N) is 3. The van der Waals surface area contributed by atoms with Gasteiger partial charge < -0.3 is 15.5 Å². The molecule has 0 aromatic carbocycles. The molecule has 0 aliphatic carbocycles. The molecular formula is C16H9F6N5O2. The van der Waals surface area contributed by atoms with Crippen LogP contribution in [0.4, 0.5) is 26.3 Å². The van der Waals surface area contributed by atoms with Gasteiger partial charge in [-0.15, -0.1) is 13.2 Å². The van der Waals surface area contributed by atoms with Gasteiger partial charge in [-0.3, -0.25) is 4.79 Å². The average molecular weight is 417 g/mol. The molecule has 29 heavy (non-hydrogen) atoms. The Morgan fingerprint density at radius 1 is 1.14 bits per heavy atom. The maximum absolute atomic E-state index is 13.0. The molecule has 0 spiro atoms. The Labute approximate surface area is 157 Å². The van der Waals surface area contributed by atoms with Gasteiger partial charge in [-0.05, 0) is 12.1 Å². The number of carbonyl (C=O) groups excluding carboxylic acids is 1. The van der Waals surface area contributed by atoms with E-state index in [0.29, 0.717) is 17.7 Å². The summed E-state index contributed by atoms with van der Waals surface area (Å²) < 4.78 is 80.0. The smallest absolute Gasteiger partial charge is 0.388 e. The van der Waals surface area contributed by atoms with E-state index in [-0.39, 0.29) is 22.4 Å². The Hall–Kier alpha value is -3.64. The summed E-state index contributed by atoms with van der Waals surface area (Å²) in [7, 11) is 0. The van der Waals surface area contributed by atoms with E-state index < -0.39 is 30.0 Å². The lowest BCUT2D eigenvalue weighted by Crippen LogP contribution is -2.19. The van der Waals surface area contributed by atoms with E-state index in [2.05, 4.69) is 24.7 Å². The van der Waals surface area contributed by atoms with Gasteiger partial charge in [0, 0.05) is 29.5 Å². The molecule has 1 amide bonds. The van der Waals surface area contributed by atoms with Crippen LogP contribution in [0.5, 0.6) is 5.88 Å². The molecular weight excluding hydrogens is 408 g/mol. The minimum atomic E-state index is -5.24. The number of pyridine rings is 1. The first kappa shape index (κ1) is 20.1. The van der Waals surface area contributed by atoms with Crippen LogP contribution < -0.4 is 10.5 Å². The fourth-order valence-electron chi connectivity index (χ4n) is 2.32. The highest BCUT2D eigenvalue weighted by molar-refractivity contribution is 5.93. The van der Waals surface area contributed by atoms with Crippen LogP contribution in [0.25, 0.3) is 28.5 Å². The highest BCUT2D eigenvalue weighted by atomic mass is 19.4. The number of primary amides is 1. The van der Waals surface area contributed by atoms with E-state index in [1.165, 1.54) is 12.3 Å². The molecule has 3 rings (SSSR count). The second kappa shape index (κ2) is 7.07. The van der Waals surface area contributed by atoms with Gasteiger partial charge in [0.1, 0.15) is 11.2 Å². The largest absolute Gasteiger partial charge is 0.574 e. The van der Waals surface area contributed by atoms with Crippen molar-refractivity contribution < 1.29 is 35.9 Å². The van der Waals surface area contributed by atoms with Crippen molar-refractivity contribution in [2.75, 3.05) is 0 Å². The van der Waals surface area contributed by atoms with Crippen LogP contribution in [0.3, 0.4) is 0 Å². The van der Waals surface area contributed by atoms with Crippen molar-refractivity contribution in [2.45, 2.75) is 12.5 Å². The first-order valence-electron chi connectivity index (χ1n) is 7.59. The second-order valence-electron chi connectivity index (χ2n) is 5.56. The molecule has 3 aromatic heterocycles. The van der Waals surface area contributed by atoms with Crippen molar-refractivity contribution >= 4 is 23.1 Å². The minimum absolute atomic E-state index is 0.156. The molecule has 3 N–H and O–H groups in total. The van der Waals surface area contributed by atoms with Gasteiger partial charge in [0.25, 0.3) is 0 Å². The number of nitrogens with one attached hydrogen (secondary N) is 1. The van der Waals surface area contributed by atoms with Crippen molar-refractivity contribution in [1.82, 2.24) is 19.9 Å². The van der Waals surface area contributed by atoms with Gasteiger partial charge in [0.2, 0.25) is 11.8 Å². The van der Waals surface area contributed by atoms with Crippen LogP contribution >= 0.6 is 0 Å². The standard InChI is InChI=1S/C16H9F6N5O2/c17-15(18,19)10-3-8(4-12(27-10)29-16(20,21)22)9-6-25-14-13(26-9)7(5-24-14)1-2-11(23)28/h1-6H,(H2,23,28)(H,24,25)/b2-1+. The predicted octanol–water partition coefficient (Wildman–Crippen LogP) is 3.44. The maximum atomic E-state index is 13.0. The summed E-state index contributed by atoms with van der Waals surface area (Å²) in [5.41, 5.74) is 3.60. The molecule has 152 valence electrons. The maximum Gasteiger partial charge on any atom is 0.574 e. The fourth-order valence-corrected chi connectivity index (χ4v) is 2.32. The molecule has 0 bridgehead atoms. The normalized spacial score (nSPS) is 12.6. The SMILES string of the molecule is NC(=O)/C=C/c1c[nH]c2ncc(-c3cc(OC(F)(F)F)nc(C(F)(F)F)c3)nc12. The monoisotopic (exact) mass is 417 g/mol. The summed E-state index contributed by atoms with van der Waals surface area (Å²) in [6.07, 6.45) is -5.46. The van der Waals surface area contributed by atoms with Crippen molar-refractivity contribution in [3.05, 3.63) is 41.9 Å². The Balaban J connectivity index is 2.13. The number of hydrogen-bond acceptors (Lipinski definition) is 5. The quantitative estimate of drug-likeness (QED) is 0.500. The highest BCUT2D eigenvalue weighted by Gasteiger charge is 2.36. The number of alkyl halides is 6. The minimum Gasteiger partial charge on any atom is -0.388 e. The Bertz CT molecular complexity index is 1100. The number of ether oxygens (including phenoxy) is 1. The van der Waals surface area contributed by atoms with E-state index in [4.69, 9.17) is 5.73 Å². The lowest BCUT2D eigenvalue weighted by Gasteiger charge is -2.13. The molecule has 0 atom stereocenters. The third-order valence-electron chi connectivity index (χ3n) is 3.45. The Morgan fingerprint density at radius 2 is 1.86 bits per heavy atom. The second-order valence-corrected chi connectivity index (χ2v) is 5.56. The van der Waals surface area contributed by atoms with Crippen LogP contribution in [0.15, 0.2) is 30.6 Å². The number of halogens is 6. The zero-order valence-electron chi connectivity index (χ0n) is 14.0. The summed E-state index contributed by atoms with van der Waals surface area (Å²) in [6, 6.07) is 1.18. The number of carbonyl (C=O) groups is 1. The molecule has 7 nitrogen and oxygen atoms in total. The topological polar surface area (TPSA) is 107 Å². The first-order chi connectivity index (χ1) is 13.4. The van der Waals surface area contributed by atoms with E-state index in [0.717, 1.165) is 12.3 Å². The summed E-state index contributed by atoms with van der Waals surface area (Å²) >= 11 is 0. The first-order valence-corrected chi connectivity index (χ1v) is 7.59. The Morgan fingerprint density at radius 3 is 2.48 bits per heavy atom. The number of aromatic amines is 1. The zero-order valence-corrected chi connectivity index (χ0v) is 14.0. The van der Waals surface area contributed by atoms with Crippen LogP contribution in [0.1, 0.15) is 11.3 Å². The Kier molecular flexibility index (Phi) is 4.90. The molecule has 3 heterocycles. The molecule has 0 unspecified atom stereocenters. The van der Waals surface area contributed by atoms with Gasteiger partial charge in [-0.2, -0.15) is 13.2 Å². The van der Waals surface area contributed by atoms with E-state index in [1.807, 2.05) is 0 Å². The van der Waals surface area contributed by atoms with Gasteiger partial charge in [-0.1, -0.05) is 0 Å². The van der Waals surface area contributed by atoms with E-state index in [1.54, 1.807) is 0 Å². The van der Waals surface area contributed by atoms with E-state index >= 15 is 0 Å². The van der Waals surface area contributed by atoms with Crippen LogP contribution in [-0.4, -0.2) is 32.2 Å². The zero-order chi connectivity index (χ0) is 21.4. The molecule has 0 aliphatic heterocycles. The molecule has 3 aromatic rings. The number of aromatic nitrogens is 4. The molecule has 13 heteroatoms. The molecule has 0 saturated carbocycles. The highest BCUT2D eigenvalue weighted by Crippen LogP contribution is 2.34. The van der Waals surface area contributed by atoms with Gasteiger partial charge >= 0.3 is 12.5 Å². The summed E-state index contributed by atoms with van der Waals surface area (Å²) in [5.74, 6) is -2.05. The van der Waals surface area contributed by atoms with Crippen molar-refractivity contribution in [1.29, 1.82) is 0 Å². The van der Waals surface area contributed by atoms with Gasteiger partial charge in [-0.25, -0.2) is 15.0 Å². The summed E-state index contributed by atoms with van der Waals surface area (Å²) in [4.78, 5) is 24.5. The number of H-pyrrole nitrogens is 1. The fraction of sp³-hybridized carbons (Fsp3) is 0.125. The number of fused-ring (bicyclic) bond motifs is 1. The van der Waals surface area contributed by atoms with Crippen LogP contribution in [0.2, 0.25) is 0 Å². The summed E-state index contributed by atoms with van der Waals surface area (Å²) in [6.45, 7) is 0. The number of nitrogens with two attached hydrogens (primary N) is 1. The molecule has 0 aliphatic rings. The number of hydrogen-bond donors (Lipinski definition) is 2. The third-order valence-corrected chi connectivity index (χ3v) is 3.45. The van der Waals surface area contributed by atoms with Crippen LogP contribution in [-0.2, 0) is 11.0 Å². The molecule has 0 fully saturated rings. The molecule has 0 saturated heterocycles. The number of amides is 1. The predicted molar refractivity (Wildman–Crippen MR) is 87.0 cm³/mol. The van der Waals surface area contributed by atoms with Crippen molar-refractivity contribution in [3.8, 4) is 17.1 Å². The molecule has 0 radical (unpaired) electrons.